The molecule has 0 bridgehead atoms. The first-order valence-corrected chi connectivity index (χ1v) is 14.5. The number of nitrogens with zero attached hydrogens (tertiary/aromatic N) is 2. The molecule has 1 aliphatic carbocycles. The van der Waals surface area contributed by atoms with Crippen LogP contribution in [0.4, 0.5) is 17.1 Å². The molecule has 6 heteroatoms. The molecule has 0 fully saturated rings. The summed E-state index contributed by atoms with van der Waals surface area (Å²) in [4.78, 5) is 32.4. The van der Waals surface area contributed by atoms with Gasteiger partial charge in [-0.2, -0.15) is 0 Å². The maximum absolute atomic E-state index is 13.4. The van der Waals surface area contributed by atoms with Gasteiger partial charge in [-0.25, -0.2) is 9.79 Å². The Bertz CT molecular complexity index is 1780. The van der Waals surface area contributed by atoms with Crippen molar-refractivity contribution in [3.8, 4) is 0 Å². The maximum atomic E-state index is 13.4. The number of carboxylic acids is 1. The number of hydrogen-bond acceptors (Lipinski definition) is 4. The van der Waals surface area contributed by atoms with Crippen LogP contribution in [0.3, 0.4) is 0 Å². The molecule has 0 aromatic heterocycles. The fraction of sp³-hybridized carbons (Fsp3) is 0.250. The van der Waals surface area contributed by atoms with E-state index >= 15 is 0 Å². The molecule has 4 aromatic carbocycles. The van der Waals surface area contributed by atoms with E-state index in [1.165, 1.54) is 11.1 Å². The topological polar surface area (TPSA) is 70.0 Å². The van der Waals surface area contributed by atoms with Gasteiger partial charge >= 0.3 is 5.97 Å². The zero-order chi connectivity index (χ0) is 30.0. The fourth-order valence-corrected chi connectivity index (χ4v) is 6.30. The molecule has 6 rings (SSSR count). The Morgan fingerprint density at radius 3 is 1.95 bits per heavy atom. The molecule has 1 aliphatic heterocycles. The zero-order valence-electron chi connectivity index (χ0n) is 24.5. The van der Waals surface area contributed by atoms with Crippen LogP contribution in [0.1, 0.15) is 89.1 Å². The van der Waals surface area contributed by atoms with Gasteiger partial charge in [-0.1, -0.05) is 51.4 Å². The van der Waals surface area contributed by atoms with E-state index in [4.69, 9.17) is 16.6 Å². The fourth-order valence-electron chi connectivity index (χ4n) is 6.18. The van der Waals surface area contributed by atoms with Gasteiger partial charge in [0.2, 0.25) is 0 Å². The molecule has 0 saturated carbocycles. The summed E-state index contributed by atoms with van der Waals surface area (Å²) >= 11 is 6.05. The van der Waals surface area contributed by atoms with Gasteiger partial charge in [-0.05, 0) is 102 Å². The number of hydrogen-bond donors (Lipinski definition) is 1. The minimum atomic E-state index is -0.974. The number of carbonyl (C=O) groups is 2. The van der Waals surface area contributed by atoms with Gasteiger partial charge in [0.15, 0.2) is 5.78 Å². The highest BCUT2D eigenvalue weighted by atomic mass is 35.5. The van der Waals surface area contributed by atoms with E-state index in [9.17, 15) is 14.7 Å². The summed E-state index contributed by atoms with van der Waals surface area (Å²) in [5.41, 5.74) is 9.06. The largest absolute Gasteiger partial charge is 0.478 e. The van der Waals surface area contributed by atoms with Crippen molar-refractivity contribution in [2.24, 2.45) is 4.99 Å². The average Bonchev–Trinajstić information content (AvgIpc) is 3.09. The van der Waals surface area contributed by atoms with Gasteiger partial charge in [-0.3, -0.25) is 4.79 Å². The molecular weight excluding hydrogens is 544 g/mol. The van der Waals surface area contributed by atoms with Crippen LogP contribution >= 0.6 is 11.6 Å². The zero-order valence-corrected chi connectivity index (χ0v) is 25.2. The summed E-state index contributed by atoms with van der Waals surface area (Å²) in [6.45, 7) is 9.23. The average molecular weight is 577 g/mol. The van der Waals surface area contributed by atoms with Crippen molar-refractivity contribution < 1.29 is 14.7 Å². The van der Waals surface area contributed by atoms with Crippen molar-refractivity contribution in [3.05, 3.63) is 123 Å². The molecule has 4 aromatic rings. The number of carboxylic acid groups (broad SMARTS) is 1. The second-order valence-corrected chi connectivity index (χ2v) is 13.1. The number of rotatable bonds is 4. The number of aliphatic imine (C=N–C) groups is 1. The summed E-state index contributed by atoms with van der Waals surface area (Å²) in [6, 6.07) is 24.0. The maximum Gasteiger partial charge on any atom is 0.335 e. The van der Waals surface area contributed by atoms with Gasteiger partial charge in [0.05, 0.1) is 28.3 Å². The highest BCUT2D eigenvalue weighted by molar-refractivity contribution is 6.30. The molecule has 5 nitrogen and oxygen atoms in total. The van der Waals surface area contributed by atoms with E-state index < -0.39 is 5.97 Å². The van der Waals surface area contributed by atoms with Crippen molar-refractivity contribution in [1.29, 1.82) is 0 Å². The van der Waals surface area contributed by atoms with Gasteiger partial charge in [-0.15, -0.1) is 0 Å². The van der Waals surface area contributed by atoms with Crippen molar-refractivity contribution in [2.75, 3.05) is 11.9 Å². The number of anilines is 2. The Balaban J connectivity index is 1.59. The van der Waals surface area contributed by atoms with Crippen molar-refractivity contribution >= 4 is 46.1 Å². The van der Waals surface area contributed by atoms with Gasteiger partial charge in [0.1, 0.15) is 0 Å². The Hall–Kier alpha value is -4.22. The number of benzene rings is 4. The molecule has 0 atom stereocenters. The number of fused-ring (bicyclic) bond motifs is 3. The molecule has 212 valence electrons. The first-order chi connectivity index (χ1) is 19.9. The van der Waals surface area contributed by atoms with E-state index in [-0.39, 0.29) is 22.2 Å². The second-order valence-electron chi connectivity index (χ2n) is 12.6. The van der Waals surface area contributed by atoms with Gasteiger partial charge in [0.25, 0.3) is 0 Å². The van der Waals surface area contributed by atoms with E-state index in [0.29, 0.717) is 21.8 Å². The molecule has 2 aliphatic rings. The smallest absolute Gasteiger partial charge is 0.335 e. The predicted octanol–water partition coefficient (Wildman–Crippen LogP) is 8.87. The molecule has 0 unspecified atom stereocenters. The third kappa shape index (κ3) is 4.72. The lowest BCUT2D eigenvalue weighted by molar-refractivity contribution is 0.0696. The van der Waals surface area contributed by atoms with Crippen LogP contribution in [-0.2, 0) is 10.8 Å². The lowest BCUT2D eigenvalue weighted by Gasteiger charge is -2.43. The first kappa shape index (κ1) is 27.9. The van der Waals surface area contributed by atoms with E-state index in [1.54, 1.807) is 36.4 Å². The standard InChI is InChI=1S/C36H33ClN2O3/c1-35(2)16-17-36(3,4)28-20-31-26(19-27(28)35)32(21-6-8-23(9-7-21)34(41)42)38-29-18-24(12-15-30(29)39(31)5)33(40)22-10-13-25(37)14-11-22/h6-15,18-20H,16-17H2,1-5H3,(H,41,42). The van der Waals surface area contributed by atoms with Crippen LogP contribution < -0.4 is 4.90 Å². The lowest BCUT2D eigenvalue weighted by Crippen LogP contribution is -2.34. The summed E-state index contributed by atoms with van der Waals surface area (Å²) < 4.78 is 0. The Morgan fingerprint density at radius 1 is 0.762 bits per heavy atom. The normalized spacial score (nSPS) is 16.4. The van der Waals surface area contributed by atoms with Crippen LogP contribution in [0.2, 0.25) is 5.02 Å². The molecular formula is C36H33ClN2O3. The first-order valence-electron chi connectivity index (χ1n) is 14.2. The molecule has 42 heavy (non-hydrogen) atoms. The van der Waals surface area contributed by atoms with Gasteiger partial charge < -0.3 is 10.0 Å². The third-order valence-electron chi connectivity index (χ3n) is 8.93. The SMILES string of the molecule is CN1c2ccc(C(=O)c3ccc(Cl)cc3)cc2N=C(c2ccc(C(=O)O)cc2)c2cc3c(cc21)C(C)(C)CCC3(C)C. The van der Waals surface area contributed by atoms with Crippen molar-refractivity contribution in [2.45, 2.75) is 51.4 Å². The Labute approximate surface area is 251 Å². The highest BCUT2D eigenvalue weighted by Crippen LogP contribution is 2.50. The minimum absolute atomic E-state index is 0.00590. The van der Waals surface area contributed by atoms with Crippen LogP contribution in [0, 0.1) is 0 Å². The number of carbonyl (C=O) groups excluding carboxylic acids is 1. The summed E-state index contributed by atoms with van der Waals surface area (Å²) in [5, 5.41) is 10.1. The van der Waals surface area contributed by atoms with Crippen LogP contribution in [0.15, 0.2) is 83.9 Å². The third-order valence-corrected chi connectivity index (χ3v) is 9.18. The van der Waals surface area contributed by atoms with Crippen molar-refractivity contribution in [1.82, 2.24) is 0 Å². The highest BCUT2D eigenvalue weighted by Gasteiger charge is 2.39. The van der Waals surface area contributed by atoms with Gasteiger partial charge in [0, 0.05) is 34.3 Å². The quantitative estimate of drug-likeness (QED) is 0.246. The van der Waals surface area contributed by atoms with Crippen molar-refractivity contribution in [3.63, 3.8) is 0 Å². The van der Waals surface area contributed by atoms with E-state index in [2.05, 4.69) is 44.7 Å². The lowest BCUT2D eigenvalue weighted by atomic mass is 9.62. The molecule has 0 amide bonds. The van der Waals surface area contributed by atoms with Crippen LogP contribution in [-0.4, -0.2) is 29.6 Å². The van der Waals surface area contributed by atoms with E-state index in [0.717, 1.165) is 41.1 Å². The molecule has 0 radical (unpaired) electrons. The number of halogens is 1. The van der Waals surface area contributed by atoms with E-state index in [1.807, 2.05) is 37.4 Å². The Morgan fingerprint density at radius 2 is 1.33 bits per heavy atom. The minimum Gasteiger partial charge on any atom is -0.478 e. The summed E-state index contributed by atoms with van der Waals surface area (Å²) in [5.74, 6) is -1.08. The van der Waals surface area contributed by atoms with Crippen LogP contribution in [0.5, 0.6) is 0 Å². The molecule has 0 spiro atoms. The van der Waals surface area contributed by atoms with Crippen LogP contribution in [0.25, 0.3) is 0 Å². The number of ketones is 1. The molecule has 0 saturated heterocycles. The Kier molecular flexibility index (Phi) is 6.62. The summed E-state index contributed by atoms with van der Waals surface area (Å²) in [7, 11) is 2.04. The second kappa shape index (κ2) is 9.95. The number of aromatic carboxylic acids is 1. The molecule has 1 heterocycles. The molecule has 1 N–H and O–H groups in total. The predicted molar refractivity (Wildman–Crippen MR) is 170 cm³/mol. The summed E-state index contributed by atoms with van der Waals surface area (Å²) in [6.07, 6.45) is 2.18. The monoisotopic (exact) mass is 576 g/mol.